The summed E-state index contributed by atoms with van der Waals surface area (Å²) in [5.74, 6) is -1.40. The number of nitrogens with two attached hydrogens (primary N) is 1. The summed E-state index contributed by atoms with van der Waals surface area (Å²) in [6.07, 6.45) is 1.99. The van der Waals surface area contributed by atoms with E-state index in [9.17, 15) is 9.59 Å². The van der Waals surface area contributed by atoms with Crippen molar-refractivity contribution >= 4 is 11.9 Å². The minimum absolute atomic E-state index is 0.0225. The summed E-state index contributed by atoms with van der Waals surface area (Å²) >= 11 is 0. The highest BCUT2D eigenvalue weighted by Gasteiger charge is 2.24. The molecule has 1 heterocycles. The molecule has 0 radical (unpaired) electrons. The quantitative estimate of drug-likeness (QED) is 0.587. The van der Waals surface area contributed by atoms with Gasteiger partial charge in [0.2, 0.25) is 5.91 Å². The Kier molecular flexibility index (Phi) is 3.05. The fourth-order valence-electron chi connectivity index (χ4n) is 1.46. The molecule has 8 heteroatoms. The molecule has 0 unspecified atom stereocenters. The van der Waals surface area contributed by atoms with Crippen LogP contribution in [0.25, 0.3) is 0 Å². The van der Waals surface area contributed by atoms with Crippen molar-refractivity contribution in [2.75, 3.05) is 0 Å². The second-order valence-electron chi connectivity index (χ2n) is 3.89. The number of aromatic nitrogens is 3. The van der Waals surface area contributed by atoms with Crippen LogP contribution in [0.3, 0.4) is 0 Å². The molecule has 2 rings (SSSR count). The van der Waals surface area contributed by atoms with Crippen molar-refractivity contribution in [3.05, 3.63) is 11.4 Å². The van der Waals surface area contributed by atoms with E-state index in [4.69, 9.17) is 10.8 Å². The Balaban J connectivity index is 2.08. The van der Waals surface area contributed by atoms with E-state index < -0.39 is 5.97 Å². The largest absolute Gasteiger partial charge is 0.476 e. The number of rotatable bonds is 5. The van der Waals surface area contributed by atoms with Gasteiger partial charge in [-0.3, -0.25) is 4.79 Å². The number of carboxylic acid groups (broad SMARTS) is 1. The van der Waals surface area contributed by atoms with E-state index in [0.29, 0.717) is 0 Å². The molecule has 1 aromatic heterocycles. The molecule has 92 valence electrons. The number of hydrogen-bond donors (Lipinski definition) is 3. The van der Waals surface area contributed by atoms with E-state index in [-0.39, 0.29) is 36.4 Å². The van der Waals surface area contributed by atoms with Crippen molar-refractivity contribution in [3.63, 3.8) is 0 Å². The van der Waals surface area contributed by atoms with Gasteiger partial charge in [0.05, 0.1) is 5.69 Å². The molecule has 1 aliphatic rings. The second-order valence-corrected chi connectivity index (χ2v) is 3.89. The maximum absolute atomic E-state index is 11.5. The van der Waals surface area contributed by atoms with Crippen LogP contribution in [0, 0.1) is 0 Å². The van der Waals surface area contributed by atoms with Gasteiger partial charge in [-0.25, -0.2) is 9.48 Å². The molecule has 0 spiro atoms. The molecule has 1 aliphatic carbocycles. The highest BCUT2D eigenvalue weighted by atomic mass is 16.4. The number of carbonyl (C=O) groups is 2. The summed E-state index contributed by atoms with van der Waals surface area (Å²) in [7, 11) is 0. The van der Waals surface area contributed by atoms with Crippen molar-refractivity contribution in [2.45, 2.75) is 32.0 Å². The predicted octanol–water partition coefficient (Wildman–Crippen LogP) is -1.29. The van der Waals surface area contributed by atoms with E-state index in [1.54, 1.807) is 0 Å². The number of carboxylic acids is 1. The van der Waals surface area contributed by atoms with Gasteiger partial charge >= 0.3 is 5.97 Å². The smallest absolute Gasteiger partial charge is 0.358 e. The van der Waals surface area contributed by atoms with Gasteiger partial charge in [0.15, 0.2) is 5.69 Å². The van der Waals surface area contributed by atoms with Crippen LogP contribution in [0.2, 0.25) is 0 Å². The number of nitrogens with one attached hydrogen (secondary N) is 1. The van der Waals surface area contributed by atoms with Gasteiger partial charge in [-0.15, -0.1) is 5.10 Å². The van der Waals surface area contributed by atoms with E-state index in [1.807, 2.05) is 0 Å². The van der Waals surface area contributed by atoms with Crippen LogP contribution in [0.15, 0.2) is 0 Å². The Bertz CT molecular complexity index is 451. The zero-order valence-corrected chi connectivity index (χ0v) is 9.09. The first-order valence-electron chi connectivity index (χ1n) is 5.27. The van der Waals surface area contributed by atoms with E-state index in [0.717, 1.165) is 12.8 Å². The Hall–Kier alpha value is -1.96. The number of amides is 1. The van der Waals surface area contributed by atoms with Gasteiger partial charge in [0.1, 0.15) is 6.54 Å². The van der Waals surface area contributed by atoms with Crippen LogP contribution in [-0.4, -0.2) is 38.0 Å². The van der Waals surface area contributed by atoms with E-state index >= 15 is 0 Å². The van der Waals surface area contributed by atoms with Gasteiger partial charge in [-0.2, -0.15) is 0 Å². The normalized spacial score (nSPS) is 14.6. The summed E-state index contributed by atoms with van der Waals surface area (Å²) in [5, 5.41) is 18.7. The molecule has 1 saturated carbocycles. The zero-order chi connectivity index (χ0) is 12.4. The lowest BCUT2D eigenvalue weighted by atomic mass is 10.3. The Morgan fingerprint density at radius 1 is 1.53 bits per heavy atom. The fourth-order valence-corrected chi connectivity index (χ4v) is 1.46. The Labute approximate surface area is 96.8 Å². The van der Waals surface area contributed by atoms with Gasteiger partial charge in [-0.05, 0) is 12.8 Å². The minimum atomic E-state index is -1.20. The first-order chi connectivity index (χ1) is 8.11. The molecule has 1 aromatic rings. The Morgan fingerprint density at radius 3 is 2.76 bits per heavy atom. The highest BCUT2D eigenvalue weighted by Crippen LogP contribution is 2.18. The zero-order valence-electron chi connectivity index (χ0n) is 9.09. The molecule has 0 atom stereocenters. The topological polar surface area (TPSA) is 123 Å². The molecular weight excluding hydrogens is 226 g/mol. The third-order valence-corrected chi connectivity index (χ3v) is 2.47. The summed E-state index contributed by atoms with van der Waals surface area (Å²) in [6, 6.07) is 0.256. The highest BCUT2D eigenvalue weighted by molar-refractivity contribution is 5.86. The molecule has 0 aromatic carbocycles. The number of nitrogens with zero attached hydrogens (tertiary/aromatic N) is 3. The third-order valence-electron chi connectivity index (χ3n) is 2.47. The lowest BCUT2D eigenvalue weighted by Crippen LogP contribution is -2.30. The SMILES string of the molecule is NCc1c(C(=O)O)nnn1CC(=O)NC1CC1. The lowest BCUT2D eigenvalue weighted by molar-refractivity contribution is -0.122. The van der Waals surface area contributed by atoms with Crippen molar-refractivity contribution in [1.29, 1.82) is 0 Å². The molecule has 4 N–H and O–H groups in total. The number of carbonyl (C=O) groups excluding carboxylic acids is 1. The van der Waals surface area contributed by atoms with Crippen molar-refractivity contribution < 1.29 is 14.7 Å². The maximum Gasteiger partial charge on any atom is 0.358 e. The van der Waals surface area contributed by atoms with E-state index in [1.165, 1.54) is 4.68 Å². The summed E-state index contributed by atoms with van der Waals surface area (Å²) in [4.78, 5) is 22.3. The van der Waals surface area contributed by atoms with E-state index in [2.05, 4.69) is 15.6 Å². The molecule has 1 amide bonds. The molecule has 1 fully saturated rings. The lowest BCUT2D eigenvalue weighted by Gasteiger charge is -2.05. The van der Waals surface area contributed by atoms with Crippen LogP contribution in [-0.2, 0) is 17.9 Å². The summed E-state index contributed by atoms with van der Waals surface area (Å²) < 4.78 is 1.22. The van der Waals surface area contributed by atoms with Gasteiger partial charge < -0.3 is 16.2 Å². The molecular formula is C9H13N5O3. The third kappa shape index (κ3) is 2.59. The Morgan fingerprint density at radius 2 is 2.24 bits per heavy atom. The molecule has 0 saturated heterocycles. The van der Waals surface area contributed by atoms with Crippen LogP contribution >= 0.6 is 0 Å². The first kappa shape index (κ1) is 11.5. The van der Waals surface area contributed by atoms with Crippen LogP contribution in [0.5, 0.6) is 0 Å². The van der Waals surface area contributed by atoms with Gasteiger partial charge in [-0.1, -0.05) is 5.21 Å². The van der Waals surface area contributed by atoms with Crippen molar-refractivity contribution in [3.8, 4) is 0 Å². The van der Waals surface area contributed by atoms with Crippen molar-refractivity contribution in [2.24, 2.45) is 5.73 Å². The minimum Gasteiger partial charge on any atom is -0.476 e. The summed E-state index contributed by atoms with van der Waals surface area (Å²) in [5.41, 5.74) is 5.48. The maximum atomic E-state index is 11.5. The standard InChI is InChI=1S/C9H13N5O3/c10-3-6-8(9(16)17)12-13-14(6)4-7(15)11-5-1-2-5/h5H,1-4,10H2,(H,11,15)(H,16,17). The predicted molar refractivity (Wildman–Crippen MR) is 56.0 cm³/mol. The molecule has 8 nitrogen and oxygen atoms in total. The fraction of sp³-hybridized carbons (Fsp3) is 0.556. The molecule has 0 bridgehead atoms. The van der Waals surface area contributed by atoms with Crippen LogP contribution in [0.4, 0.5) is 0 Å². The first-order valence-corrected chi connectivity index (χ1v) is 5.27. The monoisotopic (exact) mass is 239 g/mol. The van der Waals surface area contributed by atoms with Gasteiger partial charge in [0, 0.05) is 12.6 Å². The average molecular weight is 239 g/mol. The average Bonchev–Trinajstić information content (AvgIpc) is 2.96. The van der Waals surface area contributed by atoms with Gasteiger partial charge in [0.25, 0.3) is 0 Å². The number of hydrogen-bond acceptors (Lipinski definition) is 5. The van der Waals surface area contributed by atoms with Crippen LogP contribution in [0.1, 0.15) is 29.0 Å². The molecule has 0 aliphatic heterocycles. The van der Waals surface area contributed by atoms with Crippen LogP contribution < -0.4 is 11.1 Å². The number of aromatic carboxylic acids is 1. The van der Waals surface area contributed by atoms with Crippen molar-refractivity contribution in [1.82, 2.24) is 20.3 Å². The second kappa shape index (κ2) is 4.50. The summed E-state index contributed by atoms with van der Waals surface area (Å²) in [6.45, 7) is -0.0747. The molecule has 17 heavy (non-hydrogen) atoms.